The van der Waals surface area contributed by atoms with Crippen molar-refractivity contribution in [2.45, 2.75) is 12.3 Å². The van der Waals surface area contributed by atoms with Crippen molar-refractivity contribution < 1.29 is 17.6 Å². The molecule has 0 fully saturated rings. The van der Waals surface area contributed by atoms with Crippen LogP contribution in [0, 0.1) is 0 Å². The van der Waals surface area contributed by atoms with Gasteiger partial charge in [-0.2, -0.15) is 8.78 Å². The van der Waals surface area contributed by atoms with E-state index < -0.39 is 18.2 Å². The Hall–Kier alpha value is -1.50. The largest absolute Gasteiger partial charge is 0.397 e. The van der Waals surface area contributed by atoms with E-state index in [1.165, 1.54) is 12.1 Å². The predicted octanol–water partition coefficient (Wildman–Crippen LogP) is 3.16. The first kappa shape index (κ1) is 12.0. The van der Waals surface area contributed by atoms with Gasteiger partial charge in [-0.05, 0) is 12.1 Å². The summed E-state index contributed by atoms with van der Waals surface area (Å²) in [6.07, 6.45) is -3.85. The third-order valence-corrected chi connectivity index (χ3v) is 2.39. The average Bonchev–Trinajstić information content (AvgIpc) is 2.61. The van der Waals surface area contributed by atoms with Gasteiger partial charge in [-0.25, -0.2) is 13.8 Å². The summed E-state index contributed by atoms with van der Waals surface area (Å²) in [5.74, 6) is -5.48. The molecule has 0 saturated carbocycles. The predicted molar refractivity (Wildman–Crippen MR) is 55.4 cm³/mol. The number of aromatic amines is 1. The Kier molecular flexibility index (Phi) is 2.65. The van der Waals surface area contributed by atoms with Crippen molar-refractivity contribution in [3.63, 3.8) is 0 Å². The number of rotatable bonds is 2. The first-order valence-electron chi connectivity index (χ1n) is 4.43. The molecule has 0 unspecified atom stereocenters. The lowest BCUT2D eigenvalue weighted by atomic mass is 10.3. The van der Waals surface area contributed by atoms with Crippen LogP contribution in [0.15, 0.2) is 12.1 Å². The van der Waals surface area contributed by atoms with E-state index >= 15 is 0 Å². The fourth-order valence-corrected chi connectivity index (χ4v) is 1.60. The van der Waals surface area contributed by atoms with Crippen LogP contribution in [0.4, 0.5) is 23.2 Å². The van der Waals surface area contributed by atoms with Gasteiger partial charge in [0.1, 0.15) is 5.52 Å². The number of imidazole rings is 1. The van der Waals surface area contributed by atoms with Crippen LogP contribution >= 0.6 is 11.6 Å². The Morgan fingerprint density at radius 2 is 2.00 bits per heavy atom. The highest BCUT2D eigenvalue weighted by atomic mass is 35.5. The van der Waals surface area contributed by atoms with E-state index in [0.717, 1.165) is 0 Å². The number of nitrogens with zero attached hydrogens (tertiary/aromatic N) is 1. The van der Waals surface area contributed by atoms with Crippen LogP contribution in [-0.4, -0.2) is 16.4 Å². The number of nitrogen functional groups attached to an aromatic ring is 1. The molecule has 8 heteroatoms. The first-order valence-corrected chi connectivity index (χ1v) is 4.81. The molecule has 0 aliphatic heterocycles. The minimum Gasteiger partial charge on any atom is -0.397 e. The first-order chi connectivity index (χ1) is 7.82. The molecule has 1 aromatic heterocycles. The number of nitrogens with one attached hydrogen (secondary N) is 1. The highest BCUT2D eigenvalue weighted by Crippen LogP contribution is 2.35. The lowest BCUT2D eigenvalue weighted by molar-refractivity contribution is -0.140. The van der Waals surface area contributed by atoms with Gasteiger partial charge in [-0.15, -0.1) is 0 Å². The molecule has 2 aromatic rings. The molecule has 0 radical (unpaired) electrons. The van der Waals surface area contributed by atoms with Crippen LogP contribution in [0.2, 0.25) is 5.02 Å². The van der Waals surface area contributed by atoms with Gasteiger partial charge in [0.25, 0.3) is 0 Å². The van der Waals surface area contributed by atoms with Gasteiger partial charge in [0.2, 0.25) is 0 Å². The third-order valence-electron chi connectivity index (χ3n) is 2.17. The number of aromatic nitrogens is 2. The molecule has 92 valence electrons. The average molecular weight is 268 g/mol. The number of halogens is 5. The molecule has 17 heavy (non-hydrogen) atoms. The summed E-state index contributed by atoms with van der Waals surface area (Å²) in [6, 6.07) is 2.58. The minimum atomic E-state index is -4.35. The summed E-state index contributed by atoms with van der Waals surface area (Å²) in [6.45, 7) is 0. The summed E-state index contributed by atoms with van der Waals surface area (Å²) >= 11 is 5.65. The number of hydrogen-bond donors (Lipinski definition) is 2. The van der Waals surface area contributed by atoms with E-state index in [1.807, 2.05) is 0 Å². The highest BCUT2D eigenvalue weighted by molar-refractivity contribution is 6.31. The maximum absolute atomic E-state index is 13.0. The number of benzene rings is 1. The lowest BCUT2D eigenvalue weighted by Gasteiger charge is -2.11. The molecule has 0 bridgehead atoms. The Bertz CT molecular complexity index is 567. The van der Waals surface area contributed by atoms with Crippen LogP contribution in [-0.2, 0) is 5.92 Å². The van der Waals surface area contributed by atoms with E-state index in [9.17, 15) is 17.6 Å². The van der Waals surface area contributed by atoms with Crippen LogP contribution < -0.4 is 5.73 Å². The Labute approximate surface area is 97.6 Å². The van der Waals surface area contributed by atoms with Crippen LogP contribution in [0.25, 0.3) is 11.0 Å². The smallest absolute Gasteiger partial charge is 0.363 e. The number of nitrogens with two attached hydrogens (primary N) is 1. The van der Waals surface area contributed by atoms with Crippen molar-refractivity contribution in [1.29, 1.82) is 0 Å². The molecule has 2 rings (SSSR count). The second-order valence-electron chi connectivity index (χ2n) is 3.40. The summed E-state index contributed by atoms with van der Waals surface area (Å²) in [5.41, 5.74) is 5.61. The van der Waals surface area contributed by atoms with Gasteiger partial charge in [-0.3, -0.25) is 0 Å². The van der Waals surface area contributed by atoms with E-state index in [1.54, 1.807) is 0 Å². The van der Waals surface area contributed by atoms with Crippen molar-refractivity contribution in [1.82, 2.24) is 9.97 Å². The molecule has 0 atom stereocenters. The number of alkyl halides is 4. The fourth-order valence-electron chi connectivity index (χ4n) is 1.37. The molecular formula is C9H6ClF4N3. The Morgan fingerprint density at radius 1 is 1.35 bits per heavy atom. The van der Waals surface area contributed by atoms with Gasteiger partial charge in [0.15, 0.2) is 5.82 Å². The molecule has 3 N–H and O–H groups in total. The van der Waals surface area contributed by atoms with Crippen molar-refractivity contribution in [3.8, 4) is 0 Å². The van der Waals surface area contributed by atoms with Crippen LogP contribution in [0.5, 0.6) is 0 Å². The minimum absolute atomic E-state index is 0.00951. The SMILES string of the molecule is Nc1cc(Cl)cc2[nH]c(C(F)(F)C(F)F)nc12. The van der Waals surface area contributed by atoms with Crippen molar-refractivity contribution in [2.24, 2.45) is 0 Å². The van der Waals surface area contributed by atoms with Crippen molar-refractivity contribution in [3.05, 3.63) is 23.0 Å². The number of fused-ring (bicyclic) bond motifs is 1. The van der Waals surface area contributed by atoms with Gasteiger partial charge >= 0.3 is 12.3 Å². The second kappa shape index (κ2) is 3.76. The zero-order valence-electron chi connectivity index (χ0n) is 8.15. The zero-order valence-corrected chi connectivity index (χ0v) is 8.90. The Morgan fingerprint density at radius 3 is 2.59 bits per heavy atom. The monoisotopic (exact) mass is 267 g/mol. The number of hydrogen-bond acceptors (Lipinski definition) is 2. The molecule has 0 saturated heterocycles. The number of anilines is 1. The second-order valence-corrected chi connectivity index (χ2v) is 3.84. The molecule has 0 amide bonds. The maximum atomic E-state index is 13.0. The third kappa shape index (κ3) is 1.90. The van der Waals surface area contributed by atoms with Gasteiger partial charge in [-0.1, -0.05) is 11.6 Å². The number of H-pyrrole nitrogens is 1. The molecule has 1 heterocycles. The quantitative estimate of drug-likeness (QED) is 0.649. The Balaban J connectivity index is 2.63. The fraction of sp³-hybridized carbons (Fsp3) is 0.222. The molecule has 0 aliphatic rings. The molecule has 1 aromatic carbocycles. The molecular weight excluding hydrogens is 262 g/mol. The van der Waals surface area contributed by atoms with Crippen molar-refractivity contribution in [2.75, 3.05) is 5.73 Å². The summed E-state index contributed by atoms with van der Waals surface area (Å²) in [4.78, 5) is 5.47. The summed E-state index contributed by atoms with van der Waals surface area (Å²) < 4.78 is 50.3. The maximum Gasteiger partial charge on any atom is 0.363 e. The van der Waals surface area contributed by atoms with E-state index in [-0.39, 0.29) is 21.7 Å². The topological polar surface area (TPSA) is 54.7 Å². The molecule has 0 aliphatic carbocycles. The molecule has 3 nitrogen and oxygen atoms in total. The van der Waals surface area contributed by atoms with Crippen LogP contribution in [0.1, 0.15) is 5.82 Å². The van der Waals surface area contributed by atoms with Gasteiger partial charge < -0.3 is 10.7 Å². The van der Waals surface area contributed by atoms with Crippen molar-refractivity contribution >= 4 is 28.3 Å². The normalized spacial score (nSPS) is 12.6. The van der Waals surface area contributed by atoms with Crippen LogP contribution in [0.3, 0.4) is 0 Å². The zero-order chi connectivity index (χ0) is 12.8. The summed E-state index contributed by atoms with van der Waals surface area (Å²) in [7, 11) is 0. The van der Waals surface area contributed by atoms with Gasteiger partial charge in [0, 0.05) is 5.02 Å². The standard InChI is InChI=1S/C9H6ClF4N3/c10-3-1-4(15)6-5(2-3)16-8(17-6)9(13,14)7(11)12/h1-2,7H,15H2,(H,16,17). The van der Waals surface area contributed by atoms with Gasteiger partial charge in [0.05, 0.1) is 11.2 Å². The van der Waals surface area contributed by atoms with E-state index in [4.69, 9.17) is 17.3 Å². The molecule has 0 spiro atoms. The highest BCUT2D eigenvalue weighted by Gasteiger charge is 2.45. The van der Waals surface area contributed by atoms with E-state index in [2.05, 4.69) is 9.97 Å². The summed E-state index contributed by atoms with van der Waals surface area (Å²) in [5, 5.41) is 0.200. The van der Waals surface area contributed by atoms with E-state index in [0.29, 0.717) is 0 Å². The lowest BCUT2D eigenvalue weighted by Crippen LogP contribution is -2.25.